The first-order valence-electron chi connectivity index (χ1n) is 8.56. The Kier molecular flexibility index (Phi) is 5.91. The SMILES string of the molecule is COc1ccc(NS(=O)(=O)c2cc(Cl)ccc2Cl)c2c1C[C@@H](N(C)C)CC2. The number of fused-ring (bicyclic) bond motifs is 1. The van der Waals surface area contributed by atoms with Crippen LogP contribution in [0.5, 0.6) is 5.75 Å². The number of nitrogens with zero attached hydrogens (tertiary/aromatic N) is 1. The maximum atomic E-state index is 12.9. The number of benzene rings is 2. The Morgan fingerprint density at radius 3 is 2.56 bits per heavy atom. The van der Waals surface area contributed by atoms with Crippen molar-refractivity contribution in [2.24, 2.45) is 0 Å². The topological polar surface area (TPSA) is 58.6 Å². The van der Waals surface area contributed by atoms with E-state index in [2.05, 4.69) is 23.7 Å². The highest BCUT2D eigenvalue weighted by Gasteiger charge is 2.27. The van der Waals surface area contributed by atoms with E-state index in [0.29, 0.717) is 16.8 Å². The van der Waals surface area contributed by atoms with Crippen LogP contribution in [0.15, 0.2) is 35.2 Å². The molecule has 0 unspecified atom stereocenters. The van der Waals surface area contributed by atoms with Gasteiger partial charge in [0.05, 0.1) is 17.8 Å². The van der Waals surface area contributed by atoms with E-state index in [1.54, 1.807) is 25.3 Å². The molecule has 0 radical (unpaired) electrons. The average Bonchev–Trinajstić information content (AvgIpc) is 2.63. The van der Waals surface area contributed by atoms with Crippen LogP contribution < -0.4 is 9.46 Å². The maximum absolute atomic E-state index is 12.9. The summed E-state index contributed by atoms with van der Waals surface area (Å²) in [4.78, 5) is 2.15. The number of halogens is 2. The van der Waals surface area contributed by atoms with Crippen LogP contribution >= 0.6 is 23.2 Å². The molecule has 27 heavy (non-hydrogen) atoms. The number of hydrogen-bond acceptors (Lipinski definition) is 4. The first-order valence-corrected chi connectivity index (χ1v) is 10.8. The average molecular weight is 429 g/mol. The third-order valence-corrected chi connectivity index (χ3v) is 7.01. The molecule has 8 heteroatoms. The Hall–Kier alpha value is -1.47. The lowest BCUT2D eigenvalue weighted by molar-refractivity contribution is 0.265. The lowest BCUT2D eigenvalue weighted by Gasteiger charge is -2.32. The first kappa shape index (κ1) is 20.3. The number of likely N-dealkylation sites (N-methyl/N-ethyl adjacent to an activating group) is 1. The Morgan fingerprint density at radius 2 is 1.89 bits per heavy atom. The molecule has 1 N–H and O–H groups in total. The van der Waals surface area contributed by atoms with Gasteiger partial charge in [0.1, 0.15) is 10.6 Å². The second-order valence-corrected chi connectivity index (χ2v) is 9.31. The maximum Gasteiger partial charge on any atom is 0.263 e. The third-order valence-electron chi connectivity index (χ3n) is 4.93. The molecule has 2 aromatic rings. The van der Waals surface area contributed by atoms with E-state index in [4.69, 9.17) is 27.9 Å². The number of ether oxygens (including phenoxy) is 1. The Labute approximate surface area is 170 Å². The van der Waals surface area contributed by atoms with E-state index in [-0.39, 0.29) is 9.92 Å². The zero-order valence-corrected chi connectivity index (χ0v) is 17.7. The molecule has 0 saturated heterocycles. The van der Waals surface area contributed by atoms with Crippen molar-refractivity contribution in [1.82, 2.24) is 4.90 Å². The minimum atomic E-state index is -3.87. The molecular weight excluding hydrogens is 407 g/mol. The van der Waals surface area contributed by atoms with Crippen molar-refractivity contribution in [2.75, 3.05) is 25.9 Å². The van der Waals surface area contributed by atoms with Gasteiger partial charge in [-0.3, -0.25) is 4.72 Å². The van der Waals surface area contributed by atoms with Crippen LogP contribution in [0, 0.1) is 0 Å². The van der Waals surface area contributed by atoms with E-state index in [1.165, 1.54) is 12.1 Å². The third kappa shape index (κ3) is 4.19. The van der Waals surface area contributed by atoms with Gasteiger partial charge in [0.15, 0.2) is 0 Å². The van der Waals surface area contributed by atoms with Crippen LogP contribution in [-0.4, -0.2) is 40.6 Å². The van der Waals surface area contributed by atoms with Crippen molar-refractivity contribution in [2.45, 2.75) is 30.2 Å². The number of anilines is 1. The van der Waals surface area contributed by atoms with Crippen LogP contribution in [0.25, 0.3) is 0 Å². The summed E-state index contributed by atoms with van der Waals surface area (Å²) < 4.78 is 34.0. The highest BCUT2D eigenvalue weighted by atomic mass is 35.5. The van der Waals surface area contributed by atoms with E-state index in [1.807, 2.05) is 0 Å². The van der Waals surface area contributed by atoms with E-state index in [0.717, 1.165) is 36.1 Å². The summed E-state index contributed by atoms with van der Waals surface area (Å²) in [7, 11) is 1.87. The van der Waals surface area contributed by atoms with Crippen molar-refractivity contribution in [3.05, 3.63) is 51.5 Å². The van der Waals surface area contributed by atoms with Crippen LogP contribution in [0.4, 0.5) is 5.69 Å². The molecule has 0 saturated carbocycles. The molecular formula is C19H22Cl2N2O3S. The molecule has 0 heterocycles. The van der Waals surface area contributed by atoms with Gasteiger partial charge in [0.25, 0.3) is 10.0 Å². The Morgan fingerprint density at radius 1 is 1.15 bits per heavy atom. The largest absolute Gasteiger partial charge is 0.496 e. The lowest BCUT2D eigenvalue weighted by Crippen LogP contribution is -2.34. The van der Waals surface area contributed by atoms with Gasteiger partial charge in [-0.2, -0.15) is 0 Å². The molecule has 3 rings (SSSR count). The van der Waals surface area contributed by atoms with Crippen molar-refractivity contribution in [3.8, 4) is 5.75 Å². The minimum Gasteiger partial charge on any atom is -0.496 e. The Bertz CT molecular complexity index is 962. The standard InChI is InChI=1S/C19H22Cl2N2O3S/c1-23(2)13-5-6-14-15(11-13)18(26-3)9-8-17(14)22-27(24,25)19-10-12(20)4-7-16(19)21/h4,7-10,13,22H,5-6,11H2,1-3H3/t13-/m0/s1. The van der Waals surface area contributed by atoms with Gasteiger partial charge in [0.2, 0.25) is 0 Å². The molecule has 0 spiro atoms. The predicted molar refractivity (Wildman–Crippen MR) is 110 cm³/mol. The smallest absolute Gasteiger partial charge is 0.263 e. The first-order chi connectivity index (χ1) is 12.7. The minimum absolute atomic E-state index is 0.0387. The van der Waals surface area contributed by atoms with Gasteiger partial charge < -0.3 is 9.64 Å². The molecule has 5 nitrogen and oxygen atoms in total. The van der Waals surface area contributed by atoms with Crippen LogP contribution in [0.1, 0.15) is 17.5 Å². The van der Waals surface area contributed by atoms with Gasteiger partial charge in [-0.25, -0.2) is 8.42 Å². The summed E-state index contributed by atoms with van der Waals surface area (Å²) in [6.07, 6.45) is 2.51. The predicted octanol–water partition coefficient (Wildman–Crippen LogP) is 4.22. The highest BCUT2D eigenvalue weighted by molar-refractivity contribution is 7.92. The number of hydrogen-bond donors (Lipinski definition) is 1. The molecule has 0 aliphatic heterocycles. The molecule has 1 aliphatic rings. The zero-order valence-electron chi connectivity index (χ0n) is 15.4. The summed E-state index contributed by atoms with van der Waals surface area (Å²) in [5, 5.41) is 0.437. The van der Waals surface area contributed by atoms with Crippen LogP contribution in [0.2, 0.25) is 10.0 Å². The Balaban J connectivity index is 2.01. The monoisotopic (exact) mass is 428 g/mol. The van der Waals surface area contributed by atoms with Gasteiger partial charge in [-0.05, 0) is 69.3 Å². The summed E-state index contributed by atoms with van der Waals surface area (Å²) in [6, 6.07) is 8.31. The molecule has 2 aromatic carbocycles. The highest BCUT2D eigenvalue weighted by Crippen LogP contribution is 2.37. The zero-order chi connectivity index (χ0) is 19.8. The van der Waals surface area contributed by atoms with Gasteiger partial charge in [-0.15, -0.1) is 0 Å². The molecule has 1 aliphatic carbocycles. The number of sulfonamides is 1. The number of rotatable bonds is 5. The van der Waals surface area contributed by atoms with Gasteiger partial charge >= 0.3 is 0 Å². The molecule has 0 amide bonds. The fourth-order valence-corrected chi connectivity index (χ4v) is 5.30. The fraction of sp³-hybridized carbons (Fsp3) is 0.368. The number of nitrogens with one attached hydrogen (secondary N) is 1. The van der Waals surface area contributed by atoms with Crippen molar-refractivity contribution >= 4 is 38.9 Å². The van der Waals surface area contributed by atoms with E-state index in [9.17, 15) is 8.42 Å². The van der Waals surface area contributed by atoms with Gasteiger partial charge in [0, 0.05) is 16.6 Å². The van der Waals surface area contributed by atoms with Crippen LogP contribution in [-0.2, 0) is 22.9 Å². The number of methoxy groups -OCH3 is 1. The second kappa shape index (κ2) is 7.87. The molecule has 0 aromatic heterocycles. The van der Waals surface area contributed by atoms with Crippen molar-refractivity contribution in [1.29, 1.82) is 0 Å². The summed E-state index contributed by atoms with van der Waals surface area (Å²) in [5.41, 5.74) is 2.56. The second-order valence-electron chi connectivity index (χ2n) is 6.81. The molecule has 0 fully saturated rings. The molecule has 0 bridgehead atoms. The van der Waals surface area contributed by atoms with Crippen LogP contribution in [0.3, 0.4) is 0 Å². The molecule has 1 atom stereocenters. The normalized spacial score (nSPS) is 16.9. The fourth-order valence-electron chi connectivity index (χ4n) is 3.44. The lowest BCUT2D eigenvalue weighted by atomic mass is 9.86. The van der Waals surface area contributed by atoms with Crippen molar-refractivity contribution in [3.63, 3.8) is 0 Å². The summed E-state index contributed by atoms with van der Waals surface area (Å²) >= 11 is 12.0. The van der Waals surface area contributed by atoms with E-state index < -0.39 is 10.0 Å². The molecule has 146 valence electrons. The quantitative estimate of drug-likeness (QED) is 0.773. The van der Waals surface area contributed by atoms with E-state index >= 15 is 0 Å². The van der Waals surface area contributed by atoms with Gasteiger partial charge in [-0.1, -0.05) is 23.2 Å². The summed E-state index contributed by atoms with van der Waals surface area (Å²) in [6.45, 7) is 0. The van der Waals surface area contributed by atoms with Crippen molar-refractivity contribution < 1.29 is 13.2 Å². The summed E-state index contributed by atoms with van der Waals surface area (Å²) in [5.74, 6) is 0.778.